The van der Waals surface area contributed by atoms with Crippen LogP contribution in [0.15, 0.2) is 40.8 Å². The number of benzene rings is 1. The first kappa shape index (κ1) is 21.6. The van der Waals surface area contributed by atoms with Crippen LogP contribution in [0, 0.1) is 11.8 Å². The predicted octanol–water partition coefficient (Wildman–Crippen LogP) is 4.19. The monoisotopic (exact) mass is 440 g/mol. The number of halogens is 1. The molecule has 1 saturated carbocycles. The van der Waals surface area contributed by atoms with Crippen molar-refractivity contribution in [3.63, 3.8) is 0 Å². The summed E-state index contributed by atoms with van der Waals surface area (Å²) in [5, 5.41) is 9.15. The second-order valence-electron chi connectivity index (χ2n) is 8.71. The predicted molar refractivity (Wildman–Crippen MR) is 124 cm³/mol. The largest absolute Gasteiger partial charge is 0.419 e. The van der Waals surface area contributed by atoms with E-state index in [1.807, 2.05) is 55.4 Å². The molecule has 3 atom stereocenters. The second kappa shape index (κ2) is 8.85. The van der Waals surface area contributed by atoms with Crippen molar-refractivity contribution in [2.45, 2.75) is 25.8 Å². The van der Waals surface area contributed by atoms with Gasteiger partial charge in [0.15, 0.2) is 0 Å². The molecule has 1 fully saturated rings. The molecule has 0 amide bonds. The van der Waals surface area contributed by atoms with E-state index >= 15 is 0 Å². The molecular weight excluding hydrogens is 412 g/mol. The molecule has 31 heavy (non-hydrogen) atoms. The Balaban J connectivity index is 1.56. The third kappa shape index (κ3) is 5.17. The highest BCUT2D eigenvalue weighted by Gasteiger charge is 2.33. The molecule has 7 nitrogen and oxygen atoms in total. The first-order valence-corrected chi connectivity index (χ1v) is 10.9. The fourth-order valence-corrected chi connectivity index (χ4v) is 3.87. The van der Waals surface area contributed by atoms with E-state index in [2.05, 4.69) is 29.1 Å². The topological polar surface area (TPSA) is 84.3 Å². The Kier molecular flexibility index (Phi) is 6.16. The lowest BCUT2D eigenvalue weighted by Gasteiger charge is -2.21. The standard InChI is InChI=1S/C23H29ClN6O/c1-14-8-17(14)13-30(4)21-12-16(11-20(26-21)29(2)3)22-27-28-23(31-22)19(25)10-15-6-5-7-18(24)9-15/h5-7,9,11-12,14,17,19H,8,10,13,25H2,1-4H3. The summed E-state index contributed by atoms with van der Waals surface area (Å²) in [4.78, 5) is 8.97. The van der Waals surface area contributed by atoms with Crippen molar-refractivity contribution in [3.05, 3.63) is 52.9 Å². The van der Waals surface area contributed by atoms with Crippen LogP contribution >= 0.6 is 11.6 Å². The van der Waals surface area contributed by atoms with E-state index in [1.54, 1.807) is 0 Å². The van der Waals surface area contributed by atoms with Crippen LogP contribution in [0.5, 0.6) is 0 Å². The molecule has 0 radical (unpaired) electrons. The summed E-state index contributed by atoms with van der Waals surface area (Å²) in [6, 6.07) is 11.2. The number of nitrogens with two attached hydrogens (primary N) is 1. The zero-order valence-electron chi connectivity index (χ0n) is 18.4. The van der Waals surface area contributed by atoms with Crippen molar-refractivity contribution in [2.24, 2.45) is 17.6 Å². The van der Waals surface area contributed by atoms with Gasteiger partial charge in [-0.1, -0.05) is 30.7 Å². The molecule has 3 aromatic rings. The number of hydrogen-bond donors (Lipinski definition) is 1. The van der Waals surface area contributed by atoms with E-state index in [0.29, 0.717) is 23.2 Å². The normalized spacial score (nSPS) is 18.6. The third-order valence-electron chi connectivity index (χ3n) is 5.78. The summed E-state index contributed by atoms with van der Waals surface area (Å²) in [6.07, 6.45) is 1.84. The van der Waals surface area contributed by atoms with Crippen LogP contribution < -0.4 is 15.5 Å². The van der Waals surface area contributed by atoms with E-state index in [0.717, 1.165) is 41.1 Å². The Bertz CT molecular complexity index is 1050. The third-order valence-corrected chi connectivity index (χ3v) is 6.02. The summed E-state index contributed by atoms with van der Waals surface area (Å²) in [5.41, 5.74) is 8.19. The first-order chi connectivity index (χ1) is 14.8. The minimum atomic E-state index is -0.409. The van der Waals surface area contributed by atoms with Crippen molar-refractivity contribution >= 4 is 23.2 Å². The van der Waals surface area contributed by atoms with Crippen LogP contribution in [0.4, 0.5) is 11.6 Å². The Morgan fingerprint density at radius 2 is 1.90 bits per heavy atom. The van der Waals surface area contributed by atoms with Crippen LogP contribution in [0.2, 0.25) is 5.02 Å². The van der Waals surface area contributed by atoms with Crippen LogP contribution in [0.3, 0.4) is 0 Å². The molecule has 2 aromatic heterocycles. The molecule has 8 heteroatoms. The maximum atomic E-state index is 6.33. The van der Waals surface area contributed by atoms with Gasteiger partial charge in [-0.2, -0.15) is 0 Å². The van der Waals surface area contributed by atoms with Gasteiger partial charge >= 0.3 is 0 Å². The molecule has 2 heterocycles. The minimum absolute atomic E-state index is 0.403. The van der Waals surface area contributed by atoms with Gasteiger partial charge in [0.05, 0.1) is 6.04 Å². The molecule has 3 unspecified atom stereocenters. The van der Waals surface area contributed by atoms with Gasteiger partial charge in [-0.3, -0.25) is 0 Å². The molecule has 1 aliphatic carbocycles. The highest BCUT2D eigenvalue weighted by molar-refractivity contribution is 6.30. The van der Waals surface area contributed by atoms with Gasteiger partial charge in [0.25, 0.3) is 0 Å². The summed E-state index contributed by atoms with van der Waals surface area (Å²) in [5.74, 6) is 4.10. The maximum Gasteiger partial charge on any atom is 0.248 e. The van der Waals surface area contributed by atoms with Gasteiger partial charge < -0.3 is 20.0 Å². The molecular formula is C23H29ClN6O. The first-order valence-electron chi connectivity index (χ1n) is 10.5. The number of anilines is 2. The zero-order valence-corrected chi connectivity index (χ0v) is 19.2. The Morgan fingerprint density at radius 1 is 1.16 bits per heavy atom. The molecule has 4 rings (SSSR count). The second-order valence-corrected chi connectivity index (χ2v) is 9.14. The van der Waals surface area contributed by atoms with Gasteiger partial charge in [0.2, 0.25) is 11.8 Å². The van der Waals surface area contributed by atoms with Gasteiger partial charge in [-0.05, 0) is 54.5 Å². The number of nitrogens with zero attached hydrogens (tertiary/aromatic N) is 5. The SMILES string of the molecule is CC1CC1CN(C)c1cc(-c2nnc(C(N)Cc3cccc(Cl)c3)o2)cc(N(C)C)n1. The number of rotatable bonds is 8. The zero-order chi connectivity index (χ0) is 22.1. The fraction of sp³-hybridized carbons (Fsp3) is 0.435. The summed E-state index contributed by atoms with van der Waals surface area (Å²) < 4.78 is 5.97. The molecule has 2 N–H and O–H groups in total. The summed E-state index contributed by atoms with van der Waals surface area (Å²) in [7, 11) is 6.02. The van der Waals surface area contributed by atoms with E-state index < -0.39 is 6.04 Å². The average Bonchev–Trinajstić information content (AvgIpc) is 3.21. The van der Waals surface area contributed by atoms with E-state index in [1.165, 1.54) is 6.42 Å². The highest BCUT2D eigenvalue weighted by Crippen LogP contribution is 2.39. The van der Waals surface area contributed by atoms with Gasteiger partial charge in [-0.15, -0.1) is 10.2 Å². The maximum absolute atomic E-state index is 6.33. The Hall–Kier alpha value is -2.64. The van der Waals surface area contributed by atoms with Crippen molar-refractivity contribution in [1.82, 2.24) is 15.2 Å². The fourth-order valence-electron chi connectivity index (χ4n) is 3.65. The number of aromatic nitrogens is 3. The summed E-state index contributed by atoms with van der Waals surface area (Å²) >= 11 is 6.08. The van der Waals surface area contributed by atoms with Crippen LogP contribution in [0.25, 0.3) is 11.5 Å². The average molecular weight is 441 g/mol. The van der Waals surface area contributed by atoms with Crippen molar-refractivity contribution in [3.8, 4) is 11.5 Å². The molecule has 164 valence electrons. The lowest BCUT2D eigenvalue weighted by molar-refractivity contribution is 0.457. The lowest BCUT2D eigenvalue weighted by Crippen LogP contribution is -2.23. The Morgan fingerprint density at radius 3 is 2.58 bits per heavy atom. The van der Waals surface area contributed by atoms with Crippen molar-refractivity contribution < 1.29 is 4.42 Å². The molecule has 0 saturated heterocycles. The lowest BCUT2D eigenvalue weighted by atomic mass is 10.1. The molecule has 0 bridgehead atoms. The number of hydrogen-bond acceptors (Lipinski definition) is 7. The van der Waals surface area contributed by atoms with Crippen LogP contribution in [-0.4, -0.2) is 42.9 Å². The quantitative estimate of drug-likeness (QED) is 0.562. The minimum Gasteiger partial charge on any atom is -0.419 e. The molecule has 0 aliphatic heterocycles. The van der Waals surface area contributed by atoms with Crippen molar-refractivity contribution in [2.75, 3.05) is 37.5 Å². The Labute approximate surface area is 188 Å². The number of pyridine rings is 1. The highest BCUT2D eigenvalue weighted by atomic mass is 35.5. The smallest absolute Gasteiger partial charge is 0.248 e. The van der Waals surface area contributed by atoms with Crippen LogP contribution in [0.1, 0.15) is 30.8 Å². The van der Waals surface area contributed by atoms with Gasteiger partial charge in [-0.25, -0.2) is 4.98 Å². The molecule has 0 spiro atoms. The van der Waals surface area contributed by atoms with Crippen molar-refractivity contribution in [1.29, 1.82) is 0 Å². The van der Waals surface area contributed by atoms with E-state index in [-0.39, 0.29) is 0 Å². The van der Waals surface area contributed by atoms with Gasteiger partial charge in [0.1, 0.15) is 11.6 Å². The molecule has 1 aromatic carbocycles. The molecule has 1 aliphatic rings. The van der Waals surface area contributed by atoms with E-state index in [9.17, 15) is 0 Å². The van der Waals surface area contributed by atoms with Crippen LogP contribution in [-0.2, 0) is 6.42 Å². The van der Waals surface area contributed by atoms with E-state index in [4.69, 9.17) is 26.7 Å². The van der Waals surface area contributed by atoms with Gasteiger partial charge in [0, 0.05) is 38.3 Å². The summed E-state index contributed by atoms with van der Waals surface area (Å²) in [6.45, 7) is 3.28.